The number of carbonyl (C=O) groups excluding carboxylic acids is 5. The second-order valence-electron chi connectivity index (χ2n) is 31.9. The Balaban J connectivity index is 0.000000427. The Morgan fingerprint density at radius 1 is 0.438 bits per heavy atom. The minimum atomic E-state index is -1.67. The quantitative estimate of drug-likeness (QED) is 0.0205. The third-order valence-electron chi connectivity index (χ3n) is 19.2. The molecule has 0 aliphatic heterocycles. The predicted octanol–water partition coefficient (Wildman–Crippen LogP) is 30.0. The molecule has 5 heterocycles. The zero-order valence-electron chi connectivity index (χ0n) is 82.3. The minimum absolute atomic E-state index is 0. The van der Waals surface area contributed by atoms with E-state index in [1.54, 1.807) is 85.2 Å². The number of aromatic nitrogens is 5. The van der Waals surface area contributed by atoms with E-state index in [0.29, 0.717) is 53.8 Å². The van der Waals surface area contributed by atoms with Gasteiger partial charge in [-0.05, 0) is 270 Å². The van der Waals surface area contributed by atoms with Crippen LogP contribution in [0.3, 0.4) is 0 Å². The fraction of sp³-hybridized carbons (Fsp3) is 0.211. The number of benzene rings is 10. The maximum atomic E-state index is 12.6. The van der Waals surface area contributed by atoms with Crippen LogP contribution < -0.4 is 11.2 Å². The van der Waals surface area contributed by atoms with Crippen molar-refractivity contribution >= 4 is 230 Å². The maximum Gasteiger partial charge on any atom is 0.488 e. The zero-order valence-corrected chi connectivity index (χ0v) is 95.3. The van der Waals surface area contributed by atoms with Gasteiger partial charge in [0.15, 0.2) is 10.9 Å². The molecule has 0 radical (unpaired) electrons. The molecule has 0 atom stereocenters. The number of aromatic carboxylic acids is 1. The van der Waals surface area contributed by atoms with Crippen LogP contribution in [0.4, 0.5) is 13.9 Å². The fourth-order valence-corrected chi connectivity index (χ4v) is 16.2. The van der Waals surface area contributed by atoms with Gasteiger partial charge in [0.25, 0.3) is 5.24 Å². The van der Waals surface area contributed by atoms with E-state index in [1.165, 1.54) is 22.5 Å². The monoisotopic (exact) mass is 2470 g/mol. The Kier molecular flexibility index (Phi) is 58.6. The number of carbonyl (C=O) groups is 7. The summed E-state index contributed by atoms with van der Waals surface area (Å²) in [5, 5.41) is 42.4. The third kappa shape index (κ3) is 49.9. The number of aliphatic carboxylic acids is 1. The van der Waals surface area contributed by atoms with Crippen LogP contribution in [0.2, 0.25) is 0 Å². The van der Waals surface area contributed by atoms with E-state index in [9.17, 15) is 42.3 Å². The first-order valence-corrected chi connectivity index (χ1v) is 53.6. The molecule has 0 unspecified atom stereocenters. The normalized spacial score (nSPS) is 10.2. The molecule has 10 aromatic carbocycles. The number of nitrogens with zero attached hydrogens (tertiary/aromatic N) is 5. The van der Waals surface area contributed by atoms with Crippen molar-refractivity contribution in [3.05, 3.63) is 397 Å². The van der Waals surface area contributed by atoms with Crippen LogP contribution in [0.25, 0.3) is 44.9 Å². The Morgan fingerprint density at radius 3 is 1.10 bits per heavy atom. The van der Waals surface area contributed by atoms with E-state index in [2.05, 4.69) is 173 Å². The summed E-state index contributed by atoms with van der Waals surface area (Å²) >= 11 is 30.1. The number of carboxylic acids is 2. The number of anilines is 1. The van der Waals surface area contributed by atoms with Crippen LogP contribution in [-0.2, 0) is 71.7 Å². The van der Waals surface area contributed by atoms with Crippen molar-refractivity contribution in [1.29, 1.82) is 0 Å². The number of Topliss-reactive ketones (excluding diaryl/α,β-unsaturated/α-hetero) is 3. The third-order valence-corrected chi connectivity index (χ3v) is 27.1. The summed E-state index contributed by atoms with van der Waals surface area (Å²) in [5.41, 5.74) is 28.9. The predicted molar refractivity (Wildman–Crippen MR) is 612 cm³/mol. The summed E-state index contributed by atoms with van der Waals surface area (Å²) in [6.45, 7) is 24.8. The fourth-order valence-electron chi connectivity index (χ4n) is 12.4. The molecule has 0 fully saturated rings. The summed E-state index contributed by atoms with van der Waals surface area (Å²) in [7, 11) is 3.97. The number of thiazole rings is 3. The van der Waals surface area contributed by atoms with Crippen molar-refractivity contribution in [3.63, 3.8) is 0 Å². The first kappa shape index (κ1) is 124. The number of nitrogen functional groups attached to an aromatic ring is 1. The standard InChI is InChI=1S/C25H22N2OS.C19H16BrNOS.C13H17BrO2.C9H9BrO2.C9H9BrO.C9H8N2S.C8H6BrClO.C8H7BrO2.C6H8BNO2.2CH3F.CH4.Cl2OS/c1-17-12-19(8-9-23(17)21-10-11-26-18(2)13-21)14-22(28)15-25-27-24(16-29-25)20-6-4-3-5-7-20;1-13-9-14(7-8-17(13)20)10-16(22)11-19-21-18(12-23-19)15-5-3-2-4-6-15;1-9-7-10(5-6-11(9)14)8-12(15)16-13(2,3)4;1-6-4-7(5-9(11)12)2-3-8(6)10;1-6-5-8(7(2)11)3-4-9(6)10;10-9-11-8(6-12-9)7-4-2-1-3-5-7;2*1-5-4-6(8(10)11)2-3-7(5)9;1-5-4-6(7(9)10)2-3-8-5;2*1-2;;1-4(2)3/h3-13,16H,14-15H2,1-2H3;2-9,12H,10-11H2,1H3;5-7H,8H2,1-4H3;2-4H,5H2,1H3,(H,11,12);3-5H,1-2H3;1-6H,(H2,10,11);2-4H,1H3;2-4H,1H3,(H,10,11);2-4,9-10H,1H3;2*1H3;1H4;/i;;;;;;;;;2*1D;;. The molecular formula is C109H112BBr6Cl3F2N6O13S4. The summed E-state index contributed by atoms with van der Waals surface area (Å²) < 4.78 is 51.4. The van der Waals surface area contributed by atoms with Gasteiger partial charge in [-0.15, -0.1) is 34.0 Å². The van der Waals surface area contributed by atoms with Crippen molar-refractivity contribution in [1.82, 2.24) is 24.9 Å². The van der Waals surface area contributed by atoms with Crippen molar-refractivity contribution in [2.24, 2.45) is 0 Å². The molecule has 760 valence electrons. The molecule has 15 aromatic rings. The summed E-state index contributed by atoms with van der Waals surface area (Å²) in [4.78, 5) is 100. The topological polar surface area (TPSA) is 317 Å². The van der Waals surface area contributed by atoms with Gasteiger partial charge in [0, 0.05) is 129 Å². The molecule has 5 aromatic heterocycles. The molecule has 0 aliphatic carbocycles. The number of hydrogen-bond acceptors (Lipinski definition) is 20. The van der Waals surface area contributed by atoms with E-state index in [4.69, 9.17) is 49.3 Å². The van der Waals surface area contributed by atoms with E-state index in [1.807, 2.05) is 267 Å². The number of alkyl halides is 2. The highest BCUT2D eigenvalue weighted by atomic mass is 79.9. The minimum Gasteiger partial charge on any atom is -0.481 e. The number of aryl methyl sites for hydroxylation is 9. The molecule has 0 amide bonds. The van der Waals surface area contributed by atoms with Gasteiger partial charge in [0.1, 0.15) is 27.2 Å². The van der Waals surface area contributed by atoms with Gasteiger partial charge in [-0.25, -0.2) is 24.0 Å². The number of ketones is 3. The van der Waals surface area contributed by atoms with E-state index in [-0.39, 0.29) is 37.2 Å². The van der Waals surface area contributed by atoms with Crippen molar-refractivity contribution in [2.75, 3.05) is 20.0 Å². The lowest BCUT2D eigenvalue weighted by atomic mass is 9.81. The molecule has 0 saturated carbocycles. The number of nitrogens with two attached hydrogens (primary N) is 1. The van der Waals surface area contributed by atoms with E-state index < -0.39 is 53.4 Å². The highest BCUT2D eigenvalue weighted by Crippen LogP contribution is 2.30. The molecule has 35 heteroatoms. The molecular weight excluding hydrogens is 2360 g/mol. The number of pyridine rings is 2. The maximum absolute atomic E-state index is 12.6. The Morgan fingerprint density at radius 2 is 0.771 bits per heavy atom. The van der Waals surface area contributed by atoms with Crippen LogP contribution >= 0.6 is 163 Å². The average Bonchev–Trinajstić information content (AvgIpc) is 1.36. The molecule has 0 spiro atoms. The van der Waals surface area contributed by atoms with Crippen LogP contribution in [0.1, 0.15) is 152 Å². The molecule has 0 saturated heterocycles. The Labute approximate surface area is 924 Å². The lowest BCUT2D eigenvalue weighted by molar-refractivity contribution is -0.154. The number of carboxylic acid groups (broad SMARTS) is 2. The van der Waals surface area contributed by atoms with E-state index >= 15 is 0 Å². The average molecular weight is 2480 g/mol. The molecule has 144 heavy (non-hydrogen) atoms. The number of hydrogen-bond donors (Lipinski definition) is 5. The lowest BCUT2D eigenvalue weighted by Gasteiger charge is -2.19. The van der Waals surface area contributed by atoms with Gasteiger partial charge in [-0.1, -0.05) is 255 Å². The molecule has 0 bridgehead atoms. The number of ether oxygens (including phenoxy) is 1. The summed E-state index contributed by atoms with van der Waals surface area (Å²) in [6, 6.07) is 76.9. The van der Waals surface area contributed by atoms with E-state index in [0.717, 1.165) is 149 Å². The van der Waals surface area contributed by atoms with Crippen molar-refractivity contribution in [2.45, 2.75) is 142 Å². The zero-order chi connectivity index (χ0) is 108. The van der Waals surface area contributed by atoms with Gasteiger partial charge in [-0.3, -0.25) is 47.5 Å². The smallest absolute Gasteiger partial charge is 0.481 e. The van der Waals surface area contributed by atoms with Crippen molar-refractivity contribution in [3.8, 4) is 44.9 Å². The lowest BCUT2D eigenvalue weighted by Crippen LogP contribution is -2.29. The molecule has 15 rings (SSSR count). The molecule has 6 N–H and O–H groups in total. The van der Waals surface area contributed by atoms with Crippen molar-refractivity contribution < 1.29 is 74.3 Å². The summed E-state index contributed by atoms with van der Waals surface area (Å²) in [5.74, 6) is -1.38. The molecule has 19 nitrogen and oxygen atoms in total. The number of halogens is 11. The first-order valence-electron chi connectivity index (χ1n) is 44.4. The van der Waals surface area contributed by atoms with Gasteiger partial charge in [-0.2, -0.15) is 0 Å². The van der Waals surface area contributed by atoms with Gasteiger partial charge in [0.2, 0.25) is 9.23 Å². The van der Waals surface area contributed by atoms with Gasteiger partial charge in [0.05, 0.1) is 65.4 Å². The number of esters is 1. The highest BCUT2D eigenvalue weighted by molar-refractivity contribution is 9.11. The highest BCUT2D eigenvalue weighted by Gasteiger charge is 2.19. The largest absolute Gasteiger partial charge is 0.488 e. The SMILES string of the molecule is C.CC(=O)c1ccc(Br)c(C)c1.Cc1cc(-c2ccc(CC(=O)Cc3nc(-c4ccccc4)cs3)cc2C)ccn1.Cc1cc(B(O)O)ccn1.Cc1cc(C(=O)Cl)ccc1Br.Cc1cc(C(=O)O)ccc1Br.Cc1cc(CC(=O)Cc2nc(-c3ccccc3)cs2)ccc1Br.Cc1cc(CC(=O)O)ccc1Br.Cc1cc(CC(=O)OC(C)(C)C)ccc1Br.Nc1nc(-c2ccccc2)cs1.O=S(Cl)Cl.[2H]CF.[2H]CF. The first-order chi connectivity index (χ1) is 68.5. The van der Waals surface area contributed by atoms with Crippen LogP contribution in [0.15, 0.2) is 298 Å². The Bertz CT molecular complexity index is 6580. The Hall–Kier alpha value is -9.98. The van der Waals surface area contributed by atoms with Crippen LogP contribution in [-0.4, -0.2) is 117 Å². The molecule has 0 aliphatic rings. The summed E-state index contributed by atoms with van der Waals surface area (Å²) in [6.07, 6.45) is 5.45. The van der Waals surface area contributed by atoms with Crippen LogP contribution in [0.5, 0.6) is 0 Å². The van der Waals surface area contributed by atoms with Crippen LogP contribution in [0, 0.1) is 62.3 Å². The van der Waals surface area contributed by atoms with Gasteiger partial charge >= 0.3 is 25.0 Å². The van der Waals surface area contributed by atoms with Gasteiger partial charge < -0.3 is 30.7 Å². The number of rotatable bonds is 20. The second-order valence-corrected chi connectivity index (χ2v) is 42.7. The second kappa shape index (κ2) is 67.7.